The second kappa shape index (κ2) is 8.62. The van der Waals surface area contributed by atoms with E-state index in [0.717, 1.165) is 19.5 Å². The Labute approximate surface area is 147 Å². The van der Waals surface area contributed by atoms with Crippen LogP contribution in [-0.4, -0.2) is 51.7 Å². The molecule has 0 radical (unpaired) electrons. The number of rotatable bonds is 5. The second-order valence-electron chi connectivity index (χ2n) is 6.42. The molecule has 1 unspecified atom stereocenters. The molecule has 0 saturated carbocycles. The van der Waals surface area contributed by atoms with E-state index in [1.807, 2.05) is 0 Å². The summed E-state index contributed by atoms with van der Waals surface area (Å²) < 4.78 is 9.42. The molecule has 2 rings (SSSR count). The van der Waals surface area contributed by atoms with Crippen LogP contribution in [0, 0.1) is 5.92 Å². The topological polar surface area (TPSA) is 86.1 Å². The Morgan fingerprint density at radius 1 is 1.20 bits per heavy atom. The van der Waals surface area contributed by atoms with Crippen LogP contribution >= 0.6 is 0 Å². The van der Waals surface area contributed by atoms with E-state index in [4.69, 9.17) is 4.74 Å². The van der Waals surface area contributed by atoms with E-state index in [0.29, 0.717) is 12.5 Å². The number of esters is 2. The molecule has 2 atom stereocenters. The summed E-state index contributed by atoms with van der Waals surface area (Å²) >= 11 is 0. The van der Waals surface area contributed by atoms with E-state index in [1.165, 1.54) is 43.7 Å². The smallest absolute Gasteiger partial charge is 0.339 e. The summed E-state index contributed by atoms with van der Waals surface area (Å²) in [5.41, 5.74) is 0.708. The highest BCUT2D eigenvalue weighted by Gasteiger charge is 2.23. The molecule has 1 aromatic rings. The van der Waals surface area contributed by atoms with Crippen LogP contribution in [0.5, 0.6) is 0 Å². The first kappa shape index (κ1) is 18.9. The van der Waals surface area contributed by atoms with Gasteiger partial charge in [-0.05, 0) is 31.0 Å². The number of nitrogens with one attached hydrogen (secondary N) is 2. The van der Waals surface area contributed by atoms with Crippen molar-refractivity contribution in [1.82, 2.24) is 0 Å². The molecule has 136 valence electrons. The minimum atomic E-state index is -0.578. The molecular formula is C18H25N2O5+. The predicted octanol–water partition coefficient (Wildman–Crippen LogP) is 0.513. The minimum absolute atomic E-state index is 0.198. The van der Waals surface area contributed by atoms with Gasteiger partial charge in [0, 0.05) is 5.92 Å². The number of methoxy groups -OCH3 is 2. The highest BCUT2D eigenvalue weighted by molar-refractivity contribution is 6.03. The summed E-state index contributed by atoms with van der Waals surface area (Å²) in [5, 5.41) is 2.74. The maximum absolute atomic E-state index is 12.4. The van der Waals surface area contributed by atoms with E-state index in [2.05, 4.69) is 17.0 Å². The molecule has 0 aromatic heterocycles. The normalized spacial score (nSPS) is 19.8. The second-order valence-corrected chi connectivity index (χ2v) is 6.42. The van der Waals surface area contributed by atoms with Crippen LogP contribution in [0.3, 0.4) is 0 Å². The van der Waals surface area contributed by atoms with Crippen LogP contribution in [0.25, 0.3) is 0 Å². The van der Waals surface area contributed by atoms with Gasteiger partial charge in [-0.3, -0.25) is 4.79 Å². The van der Waals surface area contributed by atoms with Gasteiger partial charge in [0.15, 0.2) is 6.54 Å². The molecule has 1 heterocycles. The minimum Gasteiger partial charge on any atom is -0.465 e. The number of likely N-dealkylation sites (tertiary alicyclic amines) is 1. The first-order valence-electron chi connectivity index (χ1n) is 8.38. The Hall–Kier alpha value is -2.41. The Balaban J connectivity index is 2.15. The first-order valence-corrected chi connectivity index (χ1v) is 8.38. The van der Waals surface area contributed by atoms with Crippen molar-refractivity contribution in [2.75, 3.05) is 39.2 Å². The van der Waals surface area contributed by atoms with E-state index < -0.39 is 11.9 Å². The van der Waals surface area contributed by atoms with Crippen molar-refractivity contribution in [2.45, 2.75) is 19.8 Å². The van der Waals surface area contributed by atoms with Crippen LogP contribution < -0.4 is 10.2 Å². The van der Waals surface area contributed by atoms with Gasteiger partial charge >= 0.3 is 11.9 Å². The number of piperidine rings is 1. The number of hydrogen-bond acceptors (Lipinski definition) is 5. The number of benzene rings is 1. The number of quaternary nitrogens is 1. The zero-order valence-corrected chi connectivity index (χ0v) is 14.9. The quantitative estimate of drug-likeness (QED) is 0.757. The molecule has 0 bridgehead atoms. The van der Waals surface area contributed by atoms with Gasteiger partial charge in [-0.25, -0.2) is 9.59 Å². The monoisotopic (exact) mass is 349 g/mol. The number of carbonyl (C=O) groups is 3. The molecule has 1 saturated heterocycles. The van der Waals surface area contributed by atoms with Crippen LogP contribution in [0.15, 0.2) is 18.2 Å². The maximum Gasteiger partial charge on any atom is 0.339 e. The van der Waals surface area contributed by atoms with Gasteiger partial charge in [-0.1, -0.05) is 6.92 Å². The van der Waals surface area contributed by atoms with Crippen molar-refractivity contribution < 1.29 is 28.8 Å². The van der Waals surface area contributed by atoms with Gasteiger partial charge in [-0.15, -0.1) is 0 Å². The van der Waals surface area contributed by atoms with Gasteiger partial charge in [0.25, 0.3) is 5.91 Å². The van der Waals surface area contributed by atoms with Crippen molar-refractivity contribution in [3.63, 3.8) is 0 Å². The van der Waals surface area contributed by atoms with Crippen LogP contribution in [0.2, 0.25) is 0 Å². The lowest BCUT2D eigenvalue weighted by Gasteiger charge is -2.27. The molecule has 1 aliphatic rings. The summed E-state index contributed by atoms with van der Waals surface area (Å²) in [5.74, 6) is -0.714. The van der Waals surface area contributed by atoms with Crippen LogP contribution in [-0.2, 0) is 14.3 Å². The molecular weight excluding hydrogens is 324 g/mol. The molecule has 1 aliphatic heterocycles. The highest BCUT2D eigenvalue weighted by Crippen LogP contribution is 2.19. The maximum atomic E-state index is 12.4. The summed E-state index contributed by atoms with van der Waals surface area (Å²) in [7, 11) is 2.54. The molecule has 25 heavy (non-hydrogen) atoms. The van der Waals surface area contributed by atoms with Crippen molar-refractivity contribution in [1.29, 1.82) is 0 Å². The largest absolute Gasteiger partial charge is 0.465 e. The predicted molar refractivity (Wildman–Crippen MR) is 91.7 cm³/mol. The summed E-state index contributed by atoms with van der Waals surface area (Å²) in [6, 6.07) is 4.35. The number of carbonyl (C=O) groups excluding carboxylic acids is 3. The highest BCUT2D eigenvalue weighted by atomic mass is 16.5. The standard InChI is InChI=1S/C18H24N2O5/c1-12-5-4-8-20(10-12)11-16(21)19-15-9-13(17(22)24-2)6-7-14(15)18(23)25-3/h6-7,9,12H,4-5,8,10-11H2,1-3H3,(H,19,21)/p+1/t12-/m1/s1. The average Bonchev–Trinajstić information content (AvgIpc) is 2.60. The van der Waals surface area contributed by atoms with Crippen molar-refractivity contribution in [3.05, 3.63) is 29.3 Å². The van der Waals surface area contributed by atoms with Gasteiger partial charge in [0.1, 0.15) is 0 Å². The molecule has 2 N–H and O–H groups in total. The fraction of sp³-hybridized carbons (Fsp3) is 0.500. The van der Waals surface area contributed by atoms with Crippen LogP contribution in [0.4, 0.5) is 5.69 Å². The zero-order valence-electron chi connectivity index (χ0n) is 14.9. The third-order valence-corrected chi connectivity index (χ3v) is 4.40. The lowest BCUT2D eigenvalue weighted by molar-refractivity contribution is -0.900. The Kier molecular flexibility index (Phi) is 6.52. The average molecular weight is 349 g/mol. The fourth-order valence-corrected chi connectivity index (χ4v) is 3.16. The van der Waals surface area contributed by atoms with Crippen molar-refractivity contribution >= 4 is 23.5 Å². The summed E-state index contributed by atoms with van der Waals surface area (Å²) in [6.45, 7) is 4.43. The fourth-order valence-electron chi connectivity index (χ4n) is 3.16. The van der Waals surface area contributed by atoms with Gasteiger partial charge in [0.2, 0.25) is 0 Å². The van der Waals surface area contributed by atoms with E-state index >= 15 is 0 Å². The van der Waals surface area contributed by atoms with Crippen molar-refractivity contribution in [3.8, 4) is 0 Å². The van der Waals surface area contributed by atoms with Crippen molar-refractivity contribution in [2.24, 2.45) is 5.92 Å². The Morgan fingerprint density at radius 2 is 1.92 bits per heavy atom. The van der Waals surface area contributed by atoms with E-state index in [-0.39, 0.29) is 22.7 Å². The van der Waals surface area contributed by atoms with Crippen LogP contribution in [0.1, 0.15) is 40.5 Å². The van der Waals surface area contributed by atoms with Gasteiger partial charge < -0.3 is 19.7 Å². The lowest BCUT2D eigenvalue weighted by atomic mass is 10.0. The first-order chi connectivity index (χ1) is 11.9. The van der Waals surface area contributed by atoms with Gasteiger partial charge in [-0.2, -0.15) is 0 Å². The third kappa shape index (κ3) is 5.03. The Morgan fingerprint density at radius 3 is 2.56 bits per heavy atom. The summed E-state index contributed by atoms with van der Waals surface area (Å²) in [6.07, 6.45) is 2.30. The van der Waals surface area contributed by atoms with E-state index in [1.54, 1.807) is 0 Å². The SMILES string of the molecule is COC(=O)c1ccc(C(=O)OC)c(NC(=O)C[NH+]2CCC[C@@H](C)C2)c1. The molecule has 1 amide bonds. The molecule has 7 nitrogen and oxygen atoms in total. The lowest BCUT2D eigenvalue weighted by Crippen LogP contribution is -3.14. The molecule has 1 aromatic carbocycles. The number of amides is 1. The summed E-state index contributed by atoms with van der Waals surface area (Å²) in [4.78, 5) is 37.2. The van der Waals surface area contributed by atoms with Gasteiger partial charge in [0.05, 0.1) is 44.1 Å². The molecule has 0 aliphatic carbocycles. The molecule has 7 heteroatoms. The van der Waals surface area contributed by atoms with E-state index in [9.17, 15) is 14.4 Å². The number of anilines is 1. The Bertz CT molecular complexity index is 659. The number of hydrogen-bond donors (Lipinski definition) is 2. The molecule has 0 spiro atoms. The number of ether oxygens (including phenoxy) is 2. The zero-order chi connectivity index (χ0) is 18.4. The third-order valence-electron chi connectivity index (χ3n) is 4.40. The molecule has 1 fully saturated rings.